The second kappa shape index (κ2) is 13.9. The summed E-state index contributed by atoms with van der Waals surface area (Å²) in [6.07, 6.45) is 0.982. The van der Waals surface area contributed by atoms with E-state index < -0.39 is 47.1 Å². The highest BCUT2D eigenvalue weighted by Gasteiger charge is 2.38. The van der Waals surface area contributed by atoms with Gasteiger partial charge in [0.05, 0.1) is 6.04 Å². The van der Waals surface area contributed by atoms with E-state index in [4.69, 9.17) is 4.74 Å². The molecule has 0 saturated carbocycles. The van der Waals surface area contributed by atoms with Crippen molar-refractivity contribution in [1.82, 2.24) is 15.5 Å². The van der Waals surface area contributed by atoms with Crippen LogP contribution in [0.15, 0.2) is 54.1 Å². The van der Waals surface area contributed by atoms with Crippen molar-refractivity contribution in [2.75, 3.05) is 7.05 Å². The average molecular weight is 582 g/mol. The number of fused-ring (bicyclic) bond motifs is 1. The molecule has 9 heteroatoms. The number of hydrogen-bond donors (Lipinski definition) is 3. The lowest BCUT2D eigenvalue weighted by atomic mass is 9.84. The van der Waals surface area contributed by atoms with Crippen molar-refractivity contribution in [2.24, 2.45) is 11.3 Å². The summed E-state index contributed by atoms with van der Waals surface area (Å²) in [5.41, 5.74) is -0.495. The van der Waals surface area contributed by atoms with Crippen molar-refractivity contribution in [3.05, 3.63) is 59.7 Å². The highest BCUT2D eigenvalue weighted by atomic mass is 16.6. The fraction of sp³-hybridized carbons (Fsp3) is 0.515. The van der Waals surface area contributed by atoms with Crippen LogP contribution in [0.25, 0.3) is 10.8 Å². The van der Waals surface area contributed by atoms with Crippen LogP contribution >= 0.6 is 0 Å². The number of nitrogens with one attached hydrogen (secondary N) is 2. The van der Waals surface area contributed by atoms with E-state index in [1.54, 1.807) is 33.9 Å². The monoisotopic (exact) mass is 581 g/mol. The van der Waals surface area contributed by atoms with E-state index in [0.29, 0.717) is 0 Å². The van der Waals surface area contributed by atoms with Crippen LogP contribution in [0, 0.1) is 11.3 Å². The third-order valence-corrected chi connectivity index (χ3v) is 6.95. The van der Waals surface area contributed by atoms with Gasteiger partial charge in [0.25, 0.3) is 0 Å². The summed E-state index contributed by atoms with van der Waals surface area (Å²) in [7, 11) is 1.61. The normalized spacial score (nSPS) is 14.6. The Bertz CT molecular complexity index is 1310. The Labute approximate surface area is 249 Å². The number of likely N-dealkylation sites (N-methyl/N-ethyl adjacent to an activating group) is 1. The van der Waals surface area contributed by atoms with Gasteiger partial charge in [0.15, 0.2) is 0 Å². The van der Waals surface area contributed by atoms with Gasteiger partial charge in [-0.15, -0.1) is 0 Å². The molecule has 9 nitrogen and oxygen atoms in total. The molecule has 3 amide bonds. The number of alkyl carbamates (subject to hydrolysis) is 1. The lowest BCUT2D eigenvalue weighted by Crippen LogP contribution is -2.60. The van der Waals surface area contributed by atoms with Crippen LogP contribution in [0.3, 0.4) is 0 Å². The Morgan fingerprint density at radius 3 is 2.10 bits per heavy atom. The zero-order valence-corrected chi connectivity index (χ0v) is 26.6. The minimum Gasteiger partial charge on any atom is -0.478 e. The van der Waals surface area contributed by atoms with E-state index in [-0.39, 0.29) is 23.8 Å². The zero-order chi connectivity index (χ0) is 32.0. The van der Waals surface area contributed by atoms with Gasteiger partial charge < -0.3 is 25.4 Å². The maximum Gasteiger partial charge on any atom is 0.408 e. The van der Waals surface area contributed by atoms with Crippen molar-refractivity contribution >= 4 is 34.6 Å². The summed E-state index contributed by atoms with van der Waals surface area (Å²) in [5.74, 6) is -2.05. The van der Waals surface area contributed by atoms with Gasteiger partial charge >= 0.3 is 12.1 Å². The summed E-state index contributed by atoms with van der Waals surface area (Å²) >= 11 is 0. The third-order valence-electron chi connectivity index (χ3n) is 6.95. The maximum atomic E-state index is 13.9. The first kappa shape index (κ1) is 34.3. The molecule has 0 fully saturated rings. The topological polar surface area (TPSA) is 125 Å². The number of ether oxygens (including phenoxy) is 1. The van der Waals surface area contributed by atoms with Crippen molar-refractivity contribution < 1.29 is 29.0 Å². The summed E-state index contributed by atoms with van der Waals surface area (Å²) < 4.78 is 5.46. The van der Waals surface area contributed by atoms with Gasteiger partial charge in [-0.3, -0.25) is 9.59 Å². The molecule has 230 valence electrons. The second-order valence-electron chi connectivity index (χ2n) is 13.2. The molecule has 0 saturated heterocycles. The Kier molecular flexibility index (Phi) is 11.3. The van der Waals surface area contributed by atoms with Gasteiger partial charge in [-0.25, -0.2) is 9.59 Å². The average Bonchev–Trinajstić information content (AvgIpc) is 2.87. The molecule has 0 aliphatic carbocycles. The Morgan fingerprint density at radius 2 is 1.55 bits per heavy atom. The van der Waals surface area contributed by atoms with E-state index in [0.717, 1.165) is 16.3 Å². The Morgan fingerprint density at radius 1 is 0.952 bits per heavy atom. The Hall–Kier alpha value is -3.88. The molecule has 0 heterocycles. The first-order chi connectivity index (χ1) is 19.3. The van der Waals surface area contributed by atoms with Crippen LogP contribution < -0.4 is 10.6 Å². The predicted molar refractivity (Wildman–Crippen MR) is 165 cm³/mol. The summed E-state index contributed by atoms with van der Waals surface area (Å²) in [4.78, 5) is 53.6. The highest BCUT2D eigenvalue weighted by molar-refractivity contribution is 5.93. The summed E-state index contributed by atoms with van der Waals surface area (Å²) in [6, 6.07) is 11.0. The number of rotatable bonds is 10. The number of benzene rings is 2. The number of carbonyl (C=O) groups is 4. The van der Waals surface area contributed by atoms with Crippen molar-refractivity contribution in [3.8, 4) is 0 Å². The first-order valence-electron chi connectivity index (χ1n) is 14.3. The fourth-order valence-corrected chi connectivity index (χ4v) is 4.67. The van der Waals surface area contributed by atoms with E-state index in [1.165, 1.54) is 11.8 Å². The van der Waals surface area contributed by atoms with Crippen LogP contribution in [-0.4, -0.2) is 64.7 Å². The number of carboxylic acids is 1. The fourth-order valence-electron chi connectivity index (χ4n) is 4.67. The standard InChI is InChI=1S/C33H47N3O6/c1-20(2)26(18-21(3)30(39)40)36(10)29(38)27(32(4,5)6)35-28(37)25(34-31(41)42-33(7,8)9)19-23-16-13-15-22-14-11-12-17-24(22)23/h11-18,20,25-27H,19H2,1-10H3,(H,34,41)(H,35,37)(H,39,40)/t25-,26+,27+/m0/s1. The minimum absolute atomic E-state index is 0.0856. The first-order valence-corrected chi connectivity index (χ1v) is 14.3. The van der Waals surface area contributed by atoms with Gasteiger partial charge in [-0.1, -0.05) is 83.2 Å². The lowest BCUT2D eigenvalue weighted by molar-refractivity contribution is -0.140. The number of hydrogen-bond acceptors (Lipinski definition) is 5. The van der Waals surface area contributed by atoms with Crippen molar-refractivity contribution in [3.63, 3.8) is 0 Å². The molecule has 0 aliphatic rings. The van der Waals surface area contributed by atoms with Gasteiger partial charge in [0.2, 0.25) is 11.8 Å². The van der Waals surface area contributed by atoms with E-state index >= 15 is 0 Å². The maximum absolute atomic E-state index is 13.9. The molecular weight excluding hydrogens is 534 g/mol. The van der Waals surface area contributed by atoms with Crippen LogP contribution in [0.1, 0.15) is 67.9 Å². The van der Waals surface area contributed by atoms with Crippen LogP contribution in [0.5, 0.6) is 0 Å². The molecule has 0 bridgehead atoms. The van der Waals surface area contributed by atoms with Crippen LogP contribution in [0.4, 0.5) is 4.79 Å². The lowest BCUT2D eigenvalue weighted by Gasteiger charge is -2.38. The molecular formula is C33H47N3O6. The van der Waals surface area contributed by atoms with E-state index in [9.17, 15) is 24.3 Å². The van der Waals surface area contributed by atoms with Gasteiger partial charge in [0.1, 0.15) is 17.7 Å². The molecule has 42 heavy (non-hydrogen) atoms. The minimum atomic E-state index is -1.06. The predicted octanol–water partition coefficient (Wildman–Crippen LogP) is 5.32. The van der Waals surface area contributed by atoms with Gasteiger partial charge in [0, 0.05) is 19.0 Å². The number of carbonyl (C=O) groups excluding carboxylic acids is 3. The van der Waals surface area contributed by atoms with E-state index in [2.05, 4.69) is 10.6 Å². The highest BCUT2D eigenvalue weighted by Crippen LogP contribution is 2.25. The van der Waals surface area contributed by atoms with Crippen LogP contribution in [-0.2, 0) is 25.5 Å². The molecule has 0 unspecified atom stereocenters. The molecule has 0 aromatic heterocycles. The van der Waals surface area contributed by atoms with Crippen LogP contribution in [0.2, 0.25) is 0 Å². The Balaban J connectivity index is 2.45. The number of nitrogens with zero attached hydrogens (tertiary/aromatic N) is 1. The van der Waals surface area contributed by atoms with Crippen molar-refractivity contribution in [1.29, 1.82) is 0 Å². The van der Waals surface area contributed by atoms with Gasteiger partial charge in [-0.2, -0.15) is 0 Å². The molecule has 0 spiro atoms. The number of carboxylic acid groups (broad SMARTS) is 1. The summed E-state index contributed by atoms with van der Waals surface area (Å²) in [5, 5.41) is 17.0. The molecule has 2 rings (SSSR count). The largest absolute Gasteiger partial charge is 0.478 e. The van der Waals surface area contributed by atoms with Crippen molar-refractivity contribution in [2.45, 2.75) is 92.5 Å². The molecule has 0 aliphatic heterocycles. The smallest absolute Gasteiger partial charge is 0.408 e. The molecule has 3 atom stereocenters. The SMILES string of the molecule is CC(=C[C@H](C(C)C)N(C)C(=O)[C@@H](NC(=O)[C@H](Cc1cccc2ccccc12)NC(=O)OC(C)(C)C)C(C)(C)C)C(=O)O. The zero-order valence-electron chi connectivity index (χ0n) is 26.6. The summed E-state index contributed by atoms with van der Waals surface area (Å²) in [6.45, 7) is 16.0. The molecule has 0 radical (unpaired) electrons. The molecule has 2 aromatic carbocycles. The molecule has 2 aromatic rings. The molecule has 3 N–H and O–H groups in total. The number of aliphatic carboxylic acids is 1. The second-order valence-corrected chi connectivity index (χ2v) is 13.2. The quantitative estimate of drug-likeness (QED) is 0.326. The van der Waals surface area contributed by atoms with E-state index in [1.807, 2.05) is 77.1 Å². The van der Waals surface area contributed by atoms with Gasteiger partial charge in [-0.05, 0) is 55.4 Å². The third kappa shape index (κ3) is 9.60. The number of amides is 3.